The molecular weight excluding hydrogens is 282 g/mol. The lowest BCUT2D eigenvalue weighted by molar-refractivity contribution is 0.278. The highest BCUT2D eigenvalue weighted by atomic mass is 32.2. The molecular formula is C12H21N3O4S. The molecule has 1 rings (SSSR count). The van der Waals surface area contributed by atoms with Gasteiger partial charge in [-0.25, -0.2) is 12.7 Å². The van der Waals surface area contributed by atoms with Crippen LogP contribution in [0.4, 0.5) is 0 Å². The second-order valence-electron chi connectivity index (χ2n) is 4.63. The largest absolute Gasteiger partial charge is 0.506 e. The molecule has 114 valence electrons. The summed E-state index contributed by atoms with van der Waals surface area (Å²) in [6.45, 7) is 1.96. The van der Waals surface area contributed by atoms with E-state index in [9.17, 15) is 18.6 Å². The van der Waals surface area contributed by atoms with E-state index in [-0.39, 0.29) is 31.2 Å². The van der Waals surface area contributed by atoms with Crippen molar-refractivity contribution in [2.75, 3.05) is 26.4 Å². The van der Waals surface area contributed by atoms with Crippen LogP contribution in [0.3, 0.4) is 0 Å². The summed E-state index contributed by atoms with van der Waals surface area (Å²) in [4.78, 5) is 3.96. The molecule has 0 saturated heterocycles. The molecule has 0 aromatic carbocycles. The molecule has 0 fully saturated rings. The zero-order valence-corrected chi connectivity index (χ0v) is 12.7. The number of aliphatic hydroxyl groups excluding tert-OH is 1. The Balaban J connectivity index is 2.65. The first-order valence-electron chi connectivity index (χ1n) is 6.17. The Hall–Kier alpha value is -1.22. The van der Waals surface area contributed by atoms with Crippen LogP contribution in [-0.2, 0) is 23.2 Å². The van der Waals surface area contributed by atoms with E-state index in [0.29, 0.717) is 16.8 Å². The maximum atomic E-state index is 11.6. The number of rotatable bonds is 7. The maximum Gasteiger partial charge on any atom is 0.214 e. The molecule has 8 heteroatoms. The fourth-order valence-corrected chi connectivity index (χ4v) is 2.38. The minimum atomic E-state index is -3.24. The summed E-state index contributed by atoms with van der Waals surface area (Å²) in [6, 6.07) is 0. The second-order valence-corrected chi connectivity index (χ2v) is 6.93. The van der Waals surface area contributed by atoms with Gasteiger partial charge in [-0.1, -0.05) is 0 Å². The summed E-state index contributed by atoms with van der Waals surface area (Å²) in [5, 5.41) is 22.1. The minimum absolute atomic E-state index is 0.0273. The van der Waals surface area contributed by atoms with Crippen LogP contribution in [0.1, 0.15) is 16.8 Å². The summed E-state index contributed by atoms with van der Waals surface area (Å²) < 4.78 is 24.3. The Morgan fingerprint density at radius 3 is 2.60 bits per heavy atom. The van der Waals surface area contributed by atoms with Gasteiger partial charge in [0.25, 0.3) is 0 Å². The first kappa shape index (κ1) is 16.8. The number of aromatic nitrogens is 1. The van der Waals surface area contributed by atoms with E-state index in [0.717, 1.165) is 0 Å². The first-order valence-corrected chi connectivity index (χ1v) is 7.78. The van der Waals surface area contributed by atoms with Gasteiger partial charge in [0, 0.05) is 44.5 Å². The standard InChI is InChI=1S/C12H21N3O4S/c1-9-12(17)11(10(8-16)6-14-9)7-13-4-5-20(18,19)15(2)3/h6,13,16-17H,4-5,7-8H2,1-3H3. The summed E-state index contributed by atoms with van der Waals surface area (Å²) in [7, 11) is -0.273. The smallest absolute Gasteiger partial charge is 0.214 e. The van der Waals surface area contributed by atoms with Gasteiger partial charge in [-0.05, 0) is 6.92 Å². The first-order chi connectivity index (χ1) is 9.29. The Kier molecular flexibility index (Phi) is 5.88. The molecule has 3 N–H and O–H groups in total. The summed E-state index contributed by atoms with van der Waals surface area (Å²) in [5.41, 5.74) is 1.54. The third kappa shape index (κ3) is 4.14. The molecule has 0 radical (unpaired) electrons. The van der Waals surface area contributed by atoms with Gasteiger partial charge in [-0.3, -0.25) is 4.98 Å². The number of aryl methyl sites for hydroxylation is 1. The molecule has 0 aliphatic heterocycles. The van der Waals surface area contributed by atoms with Gasteiger partial charge in [0.15, 0.2) is 0 Å². The van der Waals surface area contributed by atoms with E-state index in [1.54, 1.807) is 6.92 Å². The zero-order valence-electron chi connectivity index (χ0n) is 11.9. The molecule has 7 nitrogen and oxygen atoms in total. The lowest BCUT2D eigenvalue weighted by Gasteiger charge is -2.14. The maximum absolute atomic E-state index is 11.6. The van der Waals surface area contributed by atoms with E-state index >= 15 is 0 Å². The predicted octanol–water partition coefficient (Wildman–Crippen LogP) is -0.431. The molecule has 0 aliphatic rings. The van der Waals surface area contributed by atoms with Crippen LogP contribution < -0.4 is 5.32 Å². The van der Waals surface area contributed by atoms with Crippen LogP contribution in [0.5, 0.6) is 5.75 Å². The van der Waals surface area contributed by atoms with Gasteiger partial charge in [-0.15, -0.1) is 0 Å². The van der Waals surface area contributed by atoms with Crippen LogP contribution in [0.2, 0.25) is 0 Å². The van der Waals surface area contributed by atoms with Crippen molar-refractivity contribution in [3.8, 4) is 5.75 Å². The van der Waals surface area contributed by atoms with E-state index in [2.05, 4.69) is 10.3 Å². The SMILES string of the molecule is Cc1ncc(CO)c(CNCCS(=O)(=O)N(C)C)c1O. The summed E-state index contributed by atoms with van der Waals surface area (Å²) in [6.07, 6.45) is 1.50. The highest BCUT2D eigenvalue weighted by Crippen LogP contribution is 2.23. The van der Waals surface area contributed by atoms with Gasteiger partial charge in [0.2, 0.25) is 10.0 Å². The van der Waals surface area contributed by atoms with Crippen LogP contribution >= 0.6 is 0 Å². The third-order valence-corrected chi connectivity index (χ3v) is 4.83. The van der Waals surface area contributed by atoms with Crippen LogP contribution in [-0.4, -0.2) is 54.3 Å². The number of hydrogen-bond acceptors (Lipinski definition) is 6. The molecule has 0 unspecified atom stereocenters. The molecule has 0 amide bonds. The molecule has 0 spiro atoms. The molecule has 0 saturated carbocycles. The van der Waals surface area contributed by atoms with Crippen molar-refractivity contribution in [1.82, 2.24) is 14.6 Å². The average molecular weight is 303 g/mol. The minimum Gasteiger partial charge on any atom is -0.506 e. The highest BCUT2D eigenvalue weighted by Gasteiger charge is 2.14. The number of sulfonamides is 1. The summed E-state index contributed by atoms with van der Waals surface area (Å²) >= 11 is 0. The fraction of sp³-hybridized carbons (Fsp3) is 0.583. The number of pyridine rings is 1. The highest BCUT2D eigenvalue weighted by molar-refractivity contribution is 7.89. The Labute approximate surface area is 119 Å². The zero-order chi connectivity index (χ0) is 15.3. The number of hydrogen-bond donors (Lipinski definition) is 3. The monoisotopic (exact) mass is 303 g/mol. The number of nitrogens with zero attached hydrogens (tertiary/aromatic N) is 2. The Morgan fingerprint density at radius 1 is 1.40 bits per heavy atom. The van der Waals surface area contributed by atoms with Crippen molar-refractivity contribution in [1.29, 1.82) is 0 Å². The Bertz CT molecular complexity index is 558. The lowest BCUT2D eigenvalue weighted by atomic mass is 10.1. The predicted molar refractivity (Wildman–Crippen MR) is 75.7 cm³/mol. The van der Waals surface area contributed by atoms with E-state index in [4.69, 9.17) is 0 Å². The average Bonchev–Trinajstić information content (AvgIpc) is 2.39. The molecule has 1 heterocycles. The molecule has 0 bridgehead atoms. The van der Waals surface area contributed by atoms with Gasteiger partial charge >= 0.3 is 0 Å². The van der Waals surface area contributed by atoms with Crippen molar-refractivity contribution in [3.63, 3.8) is 0 Å². The molecule has 1 aromatic heterocycles. The van der Waals surface area contributed by atoms with Gasteiger partial charge in [0.05, 0.1) is 18.1 Å². The fourth-order valence-electron chi connectivity index (χ4n) is 1.61. The van der Waals surface area contributed by atoms with Gasteiger partial charge in [-0.2, -0.15) is 0 Å². The topological polar surface area (TPSA) is 103 Å². The Morgan fingerprint density at radius 2 is 2.05 bits per heavy atom. The van der Waals surface area contributed by atoms with Crippen molar-refractivity contribution in [3.05, 3.63) is 23.0 Å². The van der Waals surface area contributed by atoms with Crippen molar-refractivity contribution >= 4 is 10.0 Å². The van der Waals surface area contributed by atoms with E-state index in [1.807, 2.05) is 0 Å². The normalized spacial score (nSPS) is 12.1. The summed E-state index contributed by atoms with van der Waals surface area (Å²) in [5.74, 6) is -0.00116. The van der Waals surface area contributed by atoms with Crippen LogP contribution in [0, 0.1) is 6.92 Å². The second kappa shape index (κ2) is 6.98. The van der Waals surface area contributed by atoms with Gasteiger partial charge < -0.3 is 15.5 Å². The quantitative estimate of drug-likeness (QED) is 0.591. The molecule has 20 heavy (non-hydrogen) atoms. The van der Waals surface area contributed by atoms with Gasteiger partial charge in [0.1, 0.15) is 5.75 Å². The van der Waals surface area contributed by atoms with Crippen LogP contribution in [0.25, 0.3) is 0 Å². The van der Waals surface area contributed by atoms with Crippen LogP contribution in [0.15, 0.2) is 6.20 Å². The van der Waals surface area contributed by atoms with E-state index < -0.39 is 10.0 Å². The van der Waals surface area contributed by atoms with E-state index in [1.165, 1.54) is 24.6 Å². The number of aliphatic hydroxyl groups is 1. The number of aromatic hydroxyl groups is 1. The van der Waals surface area contributed by atoms with Crippen molar-refractivity contribution in [2.45, 2.75) is 20.1 Å². The lowest BCUT2D eigenvalue weighted by Crippen LogP contribution is -2.31. The number of nitrogens with one attached hydrogen (secondary N) is 1. The molecule has 0 atom stereocenters. The van der Waals surface area contributed by atoms with Crippen molar-refractivity contribution < 1.29 is 18.6 Å². The molecule has 0 aliphatic carbocycles. The molecule has 1 aromatic rings. The third-order valence-electron chi connectivity index (χ3n) is 3.00. The van der Waals surface area contributed by atoms with Crippen molar-refractivity contribution in [2.24, 2.45) is 0 Å².